The van der Waals surface area contributed by atoms with Gasteiger partial charge in [-0.15, -0.1) is 0 Å². The molecule has 0 aliphatic rings. The first kappa shape index (κ1) is 12.0. The highest BCUT2D eigenvalue weighted by atomic mass is 16.5. The molecule has 0 saturated carbocycles. The molecule has 4 nitrogen and oxygen atoms in total. The van der Waals surface area contributed by atoms with Crippen LogP contribution < -0.4 is 21.6 Å². The molecule has 0 atom stereocenters. The normalized spacial score (nSPS) is 10.1. The Hall–Kier alpha value is -2.49. The number of nitrogen functional groups attached to an aromatic ring is 2. The molecule has 0 bridgehead atoms. The van der Waals surface area contributed by atoms with Crippen LogP contribution in [-0.4, -0.2) is 7.11 Å². The molecule has 0 aliphatic carbocycles. The highest BCUT2D eigenvalue weighted by molar-refractivity contribution is 5.70. The van der Waals surface area contributed by atoms with E-state index in [2.05, 4.69) is 0 Å². The Morgan fingerprint density at radius 3 is 2.22 bits per heavy atom. The zero-order valence-electron chi connectivity index (χ0n) is 10.0. The van der Waals surface area contributed by atoms with Gasteiger partial charge in [-0.05, 0) is 35.4 Å². The molecule has 92 valence electrons. The third kappa shape index (κ3) is 2.27. The van der Waals surface area contributed by atoms with Crippen molar-refractivity contribution in [3.63, 3.8) is 0 Å². The van der Waals surface area contributed by atoms with Crippen molar-refractivity contribution in [1.82, 2.24) is 0 Å². The summed E-state index contributed by atoms with van der Waals surface area (Å²) >= 11 is 0. The van der Waals surface area contributed by atoms with Crippen molar-refractivity contribution in [3.8, 4) is 16.9 Å². The lowest BCUT2D eigenvalue weighted by Crippen LogP contribution is -2.01. The number of methoxy groups -OCH3 is 1. The van der Waals surface area contributed by atoms with Crippen molar-refractivity contribution in [1.29, 1.82) is 0 Å². The highest BCUT2D eigenvalue weighted by Crippen LogP contribution is 2.28. The molecule has 0 aliphatic heterocycles. The quantitative estimate of drug-likeness (QED) is 0.788. The van der Waals surface area contributed by atoms with Crippen LogP contribution in [-0.2, 0) is 0 Å². The topological polar surface area (TPSA) is 78.3 Å². The molecule has 4 N–H and O–H groups in total. The molecule has 2 rings (SSSR count). The summed E-state index contributed by atoms with van der Waals surface area (Å²) in [5.41, 5.74) is 13.7. The van der Waals surface area contributed by atoms with Crippen LogP contribution >= 0.6 is 0 Å². The summed E-state index contributed by atoms with van der Waals surface area (Å²) in [6, 6.07) is 12.0. The molecule has 18 heavy (non-hydrogen) atoms. The minimum absolute atomic E-state index is 0.191. The van der Waals surface area contributed by atoms with Gasteiger partial charge in [-0.2, -0.15) is 0 Å². The van der Waals surface area contributed by atoms with Crippen LogP contribution in [0, 0.1) is 0 Å². The lowest BCUT2D eigenvalue weighted by Gasteiger charge is -2.06. The van der Waals surface area contributed by atoms with Crippen molar-refractivity contribution < 1.29 is 4.74 Å². The predicted octanol–water partition coefficient (Wildman–Crippen LogP) is 1.89. The van der Waals surface area contributed by atoms with E-state index in [0.29, 0.717) is 11.4 Å². The van der Waals surface area contributed by atoms with Gasteiger partial charge in [0.05, 0.1) is 18.5 Å². The summed E-state index contributed by atoms with van der Waals surface area (Å²) in [5, 5.41) is 0. The number of hydrogen-bond acceptors (Lipinski definition) is 4. The molecule has 4 heteroatoms. The van der Waals surface area contributed by atoms with Gasteiger partial charge in [0, 0.05) is 0 Å². The van der Waals surface area contributed by atoms with Crippen LogP contribution in [0.5, 0.6) is 5.75 Å². The lowest BCUT2D eigenvalue weighted by atomic mass is 10.1. The zero-order valence-corrected chi connectivity index (χ0v) is 10.0. The van der Waals surface area contributed by atoms with Gasteiger partial charge in [-0.25, -0.2) is 0 Å². The SMILES string of the molecule is COc1cc(-c2ccc(N)c(=O)cc2)ccc1N. The van der Waals surface area contributed by atoms with Crippen molar-refractivity contribution in [3.05, 3.63) is 52.7 Å². The van der Waals surface area contributed by atoms with Gasteiger partial charge < -0.3 is 16.2 Å². The number of rotatable bonds is 2. The number of benzene rings is 1. The second-order valence-corrected chi connectivity index (χ2v) is 3.90. The second kappa shape index (κ2) is 4.79. The zero-order chi connectivity index (χ0) is 13.1. The van der Waals surface area contributed by atoms with Crippen LogP contribution in [0.25, 0.3) is 11.1 Å². The molecule has 0 radical (unpaired) electrons. The van der Waals surface area contributed by atoms with Crippen molar-refractivity contribution in [2.45, 2.75) is 0 Å². The summed E-state index contributed by atoms with van der Waals surface area (Å²) in [4.78, 5) is 11.4. The molecule has 0 saturated heterocycles. The van der Waals surface area contributed by atoms with Crippen LogP contribution in [0.3, 0.4) is 0 Å². The summed E-state index contributed by atoms with van der Waals surface area (Å²) in [7, 11) is 1.56. The molecule has 0 spiro atoms. The molecule has 0 aromatic heterocycles. The van der Waals surface area contributed by atoms with E-state index < -0.39 is 0 Å². The number of hydrogen-bond donors (Lipinski definition) is 2. The Balaban J connectivity index is 2.56. The van der Waals surface area contributed by atoms with Crippen LogP contribution in [0.2, 0.25) is 0 Å². The first-order valence-electron chi connectivity index (χ1n) is 5.45. The third-order valence-electron chi connectivity index (χ3n) is 2.71. The second-order valence-electron chi connectivity index (χ2n) is 3.90. The third-order valence-corrected chi connectivity index (χ3v) is 2.71. The minimum atomic E-state index is -0.191. The van der Waals surface area contributed by atoms with Gasteiger partial charge in [0.2, 0.25) is 5.43 Å². The maximum Gasteiger partial charge on any atom is 0.201 e. The fourth-order valence-electron chi connectivity index (χ4n) is 1.66. The predicted molar refractivity (Wildman–Crippen MR) is 73.5 cm³/mol. The largest absolute Gasteiger partial charge is 0.495 e. The summed E-state index contributed by atoms with van der Waals surface area (Å²) in [5.74, 6) is 0.606. The van der Waals surface area contributed by atoms with E-state index in [-0.39, 0.29) is 11.1 Å². The Kier molecular flexibility index (Phi) is 3.19. The van der Waals surface area contributed by atoms with Gasteiger partial charge >= 0.3 is 0 Å². The molecule has 0 heterocycles. The number of nitrogens with two attached hydrogens (primary N) is 2. The maximum atomic E-state index is 11.4. The first-order chi connectivity index (χ1) is 8.61. The van der Waals surface area contributed by atoms with E-state index in [4.69, 9.17) is 16.2 Å². The lowest BCUT2D eigenvalue weighted by molar-refractivity contribution is 0.417. The van der Waals surface area contributed by atoms with Gasteiger partial charge in [0.1, 0.15) is 5.75 Å². The molecule has 0 amide bonds. The monoisotopic (exact) mass is 242 g/mol. The van der Waals surface area contributed by atoms with E-state index in [1.54, 1.807) is 31.4 Å². The highest BCUT2D eigenvalue weighted by Gasteiger charge is 2.03. The number of ether oxygens (including phenoxy) is 1. The summed E-state index contributed by atoms with van der Waals surface area (Å²) < 4.78 is 5.17. The minimum Gasteiger partial charge on any atom is -0.495 e. The average molecular weight is 242 g/mol. The van der Waals surface area contributed by atoms with E-state index >= 15 is 0 Å². The molecule has 2 aromatic rings. The summed E-state index contributed by atoms with van der Waals surface area (Å²) in [6.07, 6.45) is 0. The van der Waals surface area contributed by atoms with E-state index in [9.17, 15) is 4.79 Å². The van der Waals surface area contributed by atoms with Crippen molar-refractivity contribution in [2.24, 2.45) is 0 Å². The first-order valence-corrected chi connectivity index (χ1v) is 5.45. The Morgan fingerprint density at radius 2 is 1.50 bits per heavy atom. The Bertz CT molecular complexity index is 639. The average Bonchev–Trinajstić information content (AvgIpc) is 2.54. The molecule has 0 unspecified atom stereocenters. The maximum absolute atomic E-state index is 11.4. The van der Waals surface area contributed by atoms with Crippen LogP contribution in [0.4, 0.5) is 11.4 Å². The van der Waals surface area contributed by atoms with E-state index in [1.807, 2.05) is 12.1 Å². The van der Waals surface area contributed by atoms with E-state index in [1.165, 1.54) is 6.07 Å². The smallest absolute Gasteiger partial charge is 0.201 e. The van der Waals surface area contributed by atoms with Gasteiger partial charge in [0.25, 0.3) is 0 Å². The Labute approximate surface area is 105 Å². The standard InChI is InChI=1S/C14H14N2O2/c1-18-14-8-10(3-6-12(14)16)9-2-5-11(15)13(17)7-4-9/h2-8H,16H2,1H3,(H2,15,17). The van der Waals surface area contributed by atoms with Crippen molar-refractivity contribution >= 4 is 11.4 Å². The molecule has 0 fully saturated rings. The molecular formula is C14H14N2O2. The number of anilines is 2. The Morgan fingerprint density at radius 1 is 0.889 bits per heavy atom. The fraction of sp³-hybridized carbons (Fsp3) is 0.0714. The summed E-state index contributed by atoms with van der Waals surface area (Å²) in [6.45, 7) is 0. The van der Waals surface area contributed by atoms with Gasteiger partial charge in [-0.1, -0.05) is 18.2 Å². The van der Waals surface area contributed by atoms with Gasteiger partial charge in [-0.3, -0.25) is 4.79 Å². The molecule has 2 aromatic carbocycles. The van der Waals surface area contributed by atoms with Crippen LogP contribution in [0.15, 0.2) is 47.3 Å². The molecular weight excluding hydrogens is 228 g/mol. The fourth-order valence-corrected chi connectivity index (χ4v) is 1.66. The van der Waals surface area contributed by atoms with Crippen molar-refractivity contribution in [2.75, 3.05) is 18.6 Å². The van der Waals surface area contributed by atoms with Gasteiger partial charge in [0.15, 0.2) is 0 Å². The van der Waals surface area contributed by atoms with E-state index in [0.717, 1.165) is 11.1 Å². The van der Waals surface area contributed by atoms with Crippen LogP contribution in [0.1, 0.15) is 0 Å².